The molecule has 0 fully saturated rings. The predicted octanol–water partition coefficient (Wildman–Crippen LogP) is 2.47. The zero-order valence-electron chi connectivity index (χ0n) is 8.72. The molecule has 84 valence electrons. The van der Waals surface area contributed by atoms with E-state index < -0.39 is 5.82 Å². The van der Waals surface area contributed by atoms with E-state index in [2.05, 4.69) is 4.98 Å². The molecule has 0 aliphatic rings. The monoisotopic (exact) mass is 229 g/mol. The molecule has 2 N–H and O–H groups in total. The van der Waals surface area contributed by atoms with Crippen molar-refractivity contribution in [1.82, 2.24) is 4.98 Å². The molecule has 17 heavy (non-hydrogen) atoms. The fraction of sp³-hybridized carbons (Fsp3) is 0. The number of rotatable bonds is 2. The van der Waals surface area contributed by atoms with E-state index in [9.17, 15) is 4.39 Å². The fourth-order valence-corrected chi connectivity index (χ4v) is 1.25. The van der Waals surface area contributed by atoms with E-state index in [-0.39, 0.29) is 5.88 Å². The first-order valence-corrected chi connectivity index (χ1v) is 4.78. The zero-order valence-corrected chi connectivity index (χ0v) is 8.72. The summed E-state index contributed by atoms with van der Waals surface area (Å²) in [5, 5.41) is 8.67. The predicted molar refractivity (Wildman–Crippen MR) is 59.8 cm³/mol. The second kappa shape index (κ2) is 4.49. The molecule has 0 bridgehead atoms. The van der Waals surface area contributed by atoms with Gasteiger partial charge in [0, 0.05) is 6.07 Å². The minimum Gasteiger partial charge on any atom is -0.437 e. The van der Waals surface area contributed by atoms with Gasteiger partial charge in [-0.05, 0) is 24.3 Å². The summed E-state index contributed by atoms with van der Waals surface area (Å²) in [7, 11) is 0. The van der Waals surface area contributed by atoms with Crippen molar-refractivity contribution in [2.45, 2.75) is 0 Å². The van der Waals surface area contributed by atoms with Gasteiger partial charge < -0.3 is 10.5 Å². The Morgan fingerprint density at radius 2 is 2.12 bits per heavy atom. The van der Waals surface area contributed by atoms with Crippen molar-refractivity contribution in [3.05, 3.63) is 47.9 Å². The fourth-order valence-electron chi connectivity index (χ4n) is 1.25. The molecule has 0 radical (unpaired) electrons. The van der Waals surface area contributed by atoms with E-state index >= 15 is 0 Å². The number of halogens is 1. The van der Waals surface area contributed by atoms with Gasteiger partial charge in [-0.1, -0.05) is 0 Å². The average molecular weight is 229 g/mol. The number of hydrogen-bond donors (Lipinski definition) is 1. The van der Waals surface area contributed by atoms with Crippen LogP contribution in [0.2, 0.25) is 0 Å². The summed E-state index contributed by atoms with van der Waals surface area (Å²) in [6, 6.07) is 9.25. The Kier molecular flexibility index (Phi) is 2.88. The molecule has 0 unspecified atom stereocenters. The van der Waals surface area contributed by atoms with E-state index in [4.69, 9.17) is 15.7 Å². The molecule has 2 aromatic rings. The van der Waals surface area contributed by atoms with Crippen molar-refractivity contribution in [2.75, 3.05) is 5.73 Å². The van der Waals surface area contributed by atoms with Gasteiger partial charge >= 0.3 is 0 Å². The Labute approximate surface area is 97.1 Å². The Hall–Kier alpha value is -2.61. The highest BCUT2D eigenvalue weighted by atomic mass is 19.1. The molecule has 2 rings (SSSR count). The maximum absolute atomic E-state index is 12.6. The topological polar surface area (TPSA) is 71.9 Å². The minimum absolute atomic E-state index is 0.239. The highest BCUT2D eigenvalue weighted by molar-refractivity contribution is 5.57. The van der Waals surface area contributed by atoms with Crippen LogP contribution >= 0.6 is 0 Å². The number of benzene rings is 1. The van der Waals surface area contributed by atoms with Crippen LogP contribution in [-0.2, 0) is 0 Å². The van der Waals surface area contributed by atoms with Crippen LogP contribution in [0.25, 0.3) is 0 Å². The number of hydrogen-bond acceptors (Lipinski definition) is 4. The third kappa shape index (κ3) is 2.49. The summed E-state index contributed by atoms with van der Waals surface area (Å²) < 4.78 is 18.0. The molecule has 0 saturated carbocycles. The van der Waals surface area contributed by atoms with Gasteiger partial charge in [-0.3, -0.25) is 0 Å². The van der Waals surface area contributed by atoms with Crippen LogP contribution in [0.1, 0.15) is 5.56 Å². The summed E-state index contributed by atoms with van der Waals surface area (Å²) in [4.78, 5) is 3.74. The van der Waals surface area contributed by atoms with Crippen LogP contribution in [0, 0.1) is 17.1 Å². The van der Waals surface area contributed by atoms with Gasteiger partial charge in [0.2, 0.25) is 5.88 Å². The SMILES string of the molecule is N#Cc1ccc(Oc2ccc(F)cn2)c(N)c1. The molecule has 0 saturated heterocycles. The number of nitrogens with zero attached hydrogens (tertiary/aromatic N) is 2. The van der Waals surface area contributed by atoms with Crippen LogP contribution in [0.15, 0.2) is 36.5 Å². The Morgan fingerprint density at radius 1 is 1.29 bits per heavy atom. The van der Waals surface area contributed by atoms with Gasteiger partial charge in [-0.15, -0.1) is 0 Å². The number of nitrogen functional groups attached to an aromatic ring is 1. The third-order valence-electron chi connectivity index (χ3n) is 2.05. The first-order valence-electron chi connectivity index (χ1n) is 4.78. The van der Waals surface area contributed by atoms with Crippen LogP contribution in [0.5, 0.6) is 11.6 Å². The first-order chi connectivity index (χ1) is 8.19. The molecule has 1 aromatic carbocycles. The van der Waals surface area contributed by atoms with E-state index in [1.807, 2.05) is 6.07 Å². The number of nitriles is 1. The van der Waals surface area contributed by atoms with Gasteiger partial charge in [-0.2, -0.15) is 5.26 Å². The van der Waals surface area contributed by atoms with Gasteiger partial charge in [0.15, 0.2) is 5.75 Å². The molecule has 0 amide bonds. The molecule has 0 atom stereocenters. The number of ether oxygens (including phenoxy) is 1. The van der Waals surface area contributed by atoms with Crippen molar-refractivity contribution < 1.29 is 9.13 Å². The lowest BCUT2D eigenvalue weighted by Crippen LogP contribution is -1.94. The summed E-state index contributed by atoms with van der Waals surface area (Å²) in [5.74, 6) is 0.177. The Balaban J connectivity index is 2.25. The molecule has 0 aliphatic carbocycles. The van der Waals surface area contributed by atoms with Crippen LogP contribution in [0.3, 0.4) is 0 Å². The lowest BCUT2D eigenvalue weighted by molar-refractivity contribution is 0.461. The van der Waals surface area contributed by atoms with Crippen molar-refractivity contribution >= 4 is 5.69 Å². The molecule has 0 spiro atoms. The van der Waals surface area contributed by atoms with Gasteiger partial charge in [0.1, 0.15) is 5.82 Å². The summed E-state index contributed by atoms with van der Waals surface area (Å²) >= 11 is 0. The summed E-state index contributed by atoms with van der Waals surface area (Å²) in [5.41, 5.74) is 6.47. The lowest BCUT2D eigenvalue weighted by atomic mass is 10.2. The Bertz CT molecular complexity index is 575. The lowest BCUT2D eigenvalue weighted by Gasteiger charge is -2.07. The van der Waals surface area contributed by atoms with E-state index in [1.54, 1.807) is 12.1 Å². The number of pyridine rings is 1. The van der Waals surface area contributed by atoms with Gasteiger partial charge in [0.25, 0.3) is 0 Å². The van der Waals surface area contributed by atoms with Crippen molar-refractivity contribution in [3.8, 4) is 17.7 Å². The molecule has 1 heterocycles. The highest BCUT2D eigenvalue weighted by Crippen LogP contribution is 2.26. The largest absolute Gasteiger partial charge is 0.437 e. The van der Waals surface area contributed by atoms with Gasteiger partial charge in [0.05, 0.1) is 23.5 Å². The van der Waals surface area contributed by atoms with E-state index in [1.165, 1.54) is 18.2 Å². The minimum atomic E-state index is -0.440. The van der Waals surface area contributed by atoms with Crippen LogP contribution in [-0.4, -0.2) is 4.98 Å². The van der Waals surface area contributed by atoms with Crippen LogP contribution < -0.4 is 10.5 Å². The zero-order chi connectivity index (χ0) is 12.3. The molecular formula is C12H8FN3O. The smallest absolute Gasteiger partial charge is 0.219 e. The molecule has 4 nitrogen and oxygen atoms in total. The van der Waals surface area contributed by atoms with Crippen LogP contribution in [0.4, 0.5) is 10.1 Å². The normalized spacial score (nSPS) is 9.65. The van der Waals surface area contributed by atoms with E-state index in [0.717, 1.165) is 6.20 Å². The van der Waals surface area contributed by atoms with Gasteiger partial charge in [-0.25, -0.2) is 9.37 Å². The highest BCUT2D eigenvalue weighted by Gasteiger charge is 2.04. The molecular weight excluding hydrogens is 221 g/mol. The first kappa shape index (κ1) is 10.9. The van der Waals surface area contributed by atoms with Crippen molar-refractivity contribution in [1.29, 1.82) is 5.26 Å². The third-order valence-corrected chi connectivity index (χ3v) is 2.05. The molecule has 5 heteroatoms. The summed E-state index contributed by atoms with van der Waals surface area (Å²) in [6.07, 6.45) is 1.05. The van der Waals surface area contributed by atoms with E-state index in [0.29, 0.717) is 17.0 Å². The second-order valence-electron chi connectivity index (χ2n) is 3.28. The average Bonchev–Trinajstić information content (AvgIpc) is 2.34. The van der Waals surface area contributed by atoms with Crippen molar-refractivity contribution in [2.24, 2.45) is 0 Å². The Morgan fingerprint density at radius 3 is 2.71 bits per heavy atom. The molecule has 1 aromatic heterocycles. The second-order valence-corrected chi connectivity index (χ2v) is 3.28. The number of anilines is 1. The number of aromatic nitrogens is 1. The number of nitrogens with two attached hydrogens (primary N) is 1. The standard InChI is InChI=1S/C12H8FN3O/c13-9-2-4-12(16-7-9)17-11-3-1-8(6-14)5-10(11)15/h1-5,7H,15H2. The maximum atomic E-state index is 12.6. The summed E-state index contributed by atoms with van der Waals surface area (Å²) in [6.45, 7) is 0. The molecule has 0 aliphatic heterocycles. The van der Waals surface area contributed by atoms with Crippen molar-refractivity contribution in [3.63, 3.8) is 0 Å². The maximum Gasteiger partial charge on any atom is 0.219 e. The quantitative estimate of drug-likeness (QED) is 0.803.